The van der Waals surface area contributed by atoms with Gasteiger partial charge in [-0.2, -0.15) is 0 Å². The fraction of sp³-hybridized carbons (Fsp3) is 0.0217. The second-order valence-corrected chi connectivity index (χ2v) is 14.1. The fourth-order valence-electron chi connectivity index (χ4n) is 8.05. The largest absolute Gasteiger partial charge is 0.309 e. The van der Waals surface area contributed by atoms with Crippen molar-refractivity contribution in [2.45, 2.75) is 5.41 Å². The topological polar surface area (TPSA) is 43.6 Å². The molecule has 4 nitrogen and oxygen atoms in total. The van der Waals surface area contributed by atoms with Gasteiger partial charge in [0.25, 0.3) is 0 Å². The summed E-state index contributed by atoms with van der Waals surface area (Å²) in [5, 5.41) is 2.44. The van der Waals surface area contributed by atoms with Gasteiger partial charge in [-0.1, -0.05) is 155 Å². The minimum absolute atomic E-state index is 0.610. The Hall–Kier alpha value is -6.11. The normalized spacial score (nSPS) is 14.8. The second kappa shape index (κ2) is 12.0. The van der Waals surface area contributed by atoms with Crippen molar-refractivity contribution in [2.24, 2.45) is 0 Å². The van der Waals surface area contributed by atoms with E-state index in [0.29, 0.717) is 17.5 Å². The fourth-order valence-corrected chi connectivity index (χ4v) is 8.31. The standard InChI is InChI=1S/C46H28BBrN4/c47-34-23-19-32(20-24-34)46(33-21-25-35(48)26-22-33)38-16-9-15-37-36-14-7-8-17-40(36)52(42(37)38)41-27-18-31(28-39(41)46)45-50-43(29-10-3-1-4-11-29)49-44(51-45)30-12-5-2-6-13-30/h1-28H. The van der Waals surface area contributed by atoms with Gasteiger partial charge in [0.05, 0.1) is 22.1 Å². The van der Waals surface area contributed by atoms with Crippen LogP contribution in [0, 0.1) is 0 Å². The van der Waals surface area contributed by atoms with E-state index in [4.69, 9.17) is 22.8 Å². The predicted octanol–water partition coefficient (Wildman–Crippen LogP) is 10.2. The molecule has 1 aliphatic rings. The molecule has 3 heterocycles. The molecule has 9 aromatic rings. The molecule has 0 N–H and O–H groups in total. The Morgan fingerprint density at radius 3 is 1.69 bits per heavy atom. The van der Waals surface area contributed by atoms with Crippen LogP contribution in [0.25, 0.3) is 61.7 Å². The van der Waals surface area contributed by atoms with E-state index in [0.717, 1.165) is 49.0 Å². The first-order chi connectivity index (χ1) is 25.6. The number of hydrogen-bond donors (Lipinski definition) is 0. The van der Waals surface area contributed by atoms with E-state index in [1.165, 1.54) is 27.4 Å². The summed E-state index contributed by atoms with van der Waals surface area (Å²) in [4.78, 5) is 15.2. The summed E-state index contributed by atoms with van der Waals surface area (Å²) in [6.45, 7) is 0. The Labute approximate surface area is 311 Å². The summed E-state index contributed by atoms with van der Waals surface area (Å²) in [5.74, 6) is 1.87. The number of para-hydroxylation sites is 2. The van der Waals surface area contributed by atoms with Crippen LogP contribution >= 0.6 is 15.9 Å². The third-order valence-corrected chi connectivity index (χ3v) is 10.8. The average molecular weight is 727 g/mol. The van der Waals surface area contributed by atoms with Crippen LogP contribution in [0.3, 0.4) is 0 Å². The van der Waals surface area contributed by atoms with Crippen molar-refractivity contribution in [1.82, 2.24) is 19.5 Å². The Morgan fingerprint density at radius 1 is 0.481 bits per heavy atom. The number of fused-ring (bicyclic) bond motifs is 5. The summed E-state index contributed by atoms with van der Waals surface area (Å²) in [5.41, 5.74) is 10.8. The molecule has 0 fully saturated rings. The van der Waals surface area contributed by atoms with E-state index in [9.17, 15) is 0 Å². The smallest absolute Gasteiger partial charge is 0.164 e. The SMILES string of the molecule is [B]c1ccc(C2(c3ccc(Br)cc3)c3cc(-c4nc(-c5ccccc5)nc(-c5ccccc5)n4)ccc3-n3c4ccccc4c4cccc2c43)cc1. The number of halogens is 1. The lowest BCUT2D eigenvalue weighted by Crippen LogP contribution is -2.35. The van der Waals surface area contributed by atoms with E-state index in [2.05, 4.69) is 118 Å². The molecule has 0 saturated carbocycles. The molecule has 1 atom stereocenters. The van der Waals surface area contributed by atoms with Gasteiger partial charge in [-0.05, 0) is 58.7 Å². The molecule has 6 heteroatoms. The van der Waals surface area contributed by atoms with E-state index in [1.807, 2.05) is 72.8 Å². The van der Waals surface area contributed by atoms with Crippen molar-refractivity contribution in [2.75, 3.05) is 0 Å². The van der Waals surface area contributed by atoms with Crippen LogP contribution in [0.15, 0.2) is 174 Å². The molecule has 0 bridgehead atoms. The van der Waals surface area contributed by atoms with Crippen LogP contribution in [-0.4, -0.2) is 27.4 Å². The van der Waals surface area contributed by atoms with Gasteiger partial charge in [0.1, 0.15) is 7.85 Å². The molecule has 0 aliphatic carbocycles. The van der Waals surface area contributed by atoms with E-state index < -0.39 is 5.41 Å². The zero-order valence-corrected chi connectivity index (χ0v) is 29.5. The van der Waals surface area contributed by atoms with Crippen LogP contribution in [-0.2, 0) is 5.41 Å². The van der Waals surface area contributed by atoms with Crippen LogP contribution in [0.2, 0.25) is 0 Å². The highest BCUT2D eigenvalue weighted by Gasteiger charge is 2.45. The Balaban J connectivity index is 1.33. The minimum atomic E-state index is -0.707. The van der Waals surface area contributed by atoms with Crippen molar-refractivity contribution in [1.29, 1.82) is 0 Å². The van der Waals surface area contributed by atoms with Gasteiger partial charge >= 0.3 is 0 Å². The van der Waals surface area contributed by atoms with Gasteiger partial charge in [0.15, 0.2) is 17.5 Å². The second-order valence-electron chi connectivity index (χ2n) is 13.2. The lowest BCUT2D eigenvalue weighted by atomic mass is 9.62. The summed E-state index contributed by atoms with van der Waals surface area (Å²) in [7, 11) is 6.35. The molecule has 242 valence electrons. The van der Waals surface area contributed by atoms with Crippen molar-refractivity contribution >= 4 is 51.0 Å². The van der Waals surface area contributed by atoms with Crippen LogP contribution in [0.4, 0.5) is 0 Å². The molecule has 10 rings (SSSR count). The molecule has 0 amide bonds. The van der Waals surface area contributed by atoms with Gasteiger partial charge in [-0.25, -0.2) is 15.0 Å². The van der Waals surface area contributed by atoms with Crippen LogP contribution in [0.5, 0.6) is 0 Å². The van der Waals surface area contributed by atoms with E-state index in [-0.39, 0.29) is 0 Å². The molecular formula is C46H28BBrN4. The zero-order chi connectivity index (χ0) is 34.8. The van der Waals surface area contributed by atoms with E-state index in [1.54, 1.807) is 0 Å². The molecule has 1 unspecified atom stereocenters. The van der Waals surface area contributed by atoms with Crippen molar-refractivity contribution < 1.29 is 0 Å². The van der Waals surface area contributed by atoms with Gasteiger partial charge in [-0.3, -0.25) is 0 Å². The monoisotopic (exact) mass is 726 g/mol. The quantitative estimate of drug-likeness (QED) is 0.166. The van der Waals surface area contributed by atoms with E-state index >= 15 is 0 Å². The molecule has 2 radical (unpaired) electrons. The highest BCUT2D eigenvalue weighted by Crippen LogP contribution is 2.54. The maximum atomic E-state index is 6.35. The number of benzene rings is 7. The van der Waals surface area contributed by atoms with Crippen LogP contribution in [0.1, 0.15) is 22.3 Å². The Kier molecular flexibility index (Phi) is 7.09. The van der Waals surface area contributed by atoms with Gasteiger partial charge in [-0.15, -0.1) is 0 Å². The van der Waals surface area contributed by atoms with Crippen LogP contribution < -0.4 is 5.46 Å². The average Bonchev–Trinajstić information content (AvgIpc) is 3.55. The summed E-state index contributed by atoms with van der Waals surface area (Å²) >= 11 is 3.71. The molecule has 0 saturated heterocycles. The van der Waals surface area contributed by atoms with Gasteiger partial charge < -0.3 is 4.57 Å². The molecule has 2 aromatic heterocycles. The summed E-state index contributed by atoms with van der Waals surface area (Å²) in [6, 6.07) is 59.4. The lowest BCUT2D eigenvalue weighted by molar-refractivity contribution is 0.728. The molecule has 52 heavy (non-hydrogen) atoms. The number of rotatable bonds is 5. The Morgan fingerprint density at radius 2 is 1.04 bits per heavy atom. The number of nitrogens with zero attached hydrogens (tertiary/aromatic N) is 4. The van der Waals surface area contributed by atoms with Gasteiger partial charge in [0, 0.05) is 31.9 Å². The third-order valence-electron chi connectivity index (χ3n) is 10.3. The highest BCUT2D eigenvalue weighted by molar-refractivity contribution is 9.10. The maximum Gasteiger partial charge on any atom is 0.164 e. The molecule has 1 aliphatic heterocycles. The van der Waals surface area contributed by atoms with Gasteiger partial charge in [0.2, 0.25) is 0 Å². The maximum absolute atomic E-state index is 6.35. The predicted molar refractivity (Wildman–Crippen MR) is 215 cm³/mol. The third kappa shape index (κ3) is 4.64. The number of hydrogen-bond acceptors (Lipinski definition) is 3. The summed E-state index contributed by atoms with van der Waals surface area (Å²) in [6.07, 6.45) is 0. The first kappa shape index (κ1) is 30.7. The minimum Gasteiger partial charge on any atom is -0.309 e. The zero-order valence-electron chi connectivity index (χ0n) is 27.9. The lowest BCUT2D eigenvalue weighted by Gasteiger charge is -2.42. The van der Waals surface area contributed by atoms with Crippen molar-refractivity contribution in [3.63, 3.8) is 0 Å². The number of aromatic nitrogens is 4. The van der Waals surface area contributed by atoms with Crippen molar-refractivity contribution in [3.8, 4) is 39.9 Å². The first-order valence-corrected chi connectivity index (χ1v) is 18.1. The Bertz CT molecular complexity index is 2690. The highest BCUT2D eigenvalue weighted by atomic mass is 79.9. The summed E-state index contributed by atoms with van der Waals surface area (Å²) < 4.78 is 3.46. The molecular weight excluding hydrogens is 699 g/mol. The molecule has 7 aromatic carbocycles. The first-order valence-electron chi connectivity index (χ1n) is 17.3. The van der Waals surface area contributed by atoms with Crippen molar-refractivity contribution in [3.05, 3.63) is 197 Å². The molecule has 0 spiro atoms.